The number of hydrogen-bond acceptors (Lipinski definition) is 5. The number of carbonyl (C=O) groups excluding carboxylic acids is 1. The van der Waals surface area contributed by atoms with Gasteiger partial charge in [0.2, 0.25) is 11.7 Å². The first kappa shape index (κ1) is 16.9. The Bertz CT molecular complexity index is 979. The molecule has 0 spiro atoms. The number of nitrogens with zero attached hydrogens (tertiary/aromatic N) is 5. The first-order chi connectivity index (χ1) is 12.0. The van der Waals surface area contributed by atoms with E-state index in [0.717, 1.165) is 0 Å². The third-order valence-corrected chi connectivity index (χ3v) is 3.74. The fourth-order valence-corrected chi connectivity index (χ4v) is 2.48. The number of hydrogen-bond donors (Lipinski definition) is 1. The van der Waals surface area contributed by atoms with Gasteiger partial charge in [-0.05, 0) is 35.5 Å². The first-order valence-electron chi connectivity index (χ1n) is 7.08. The van der Waals surface area contributed by atoms with E-state index in [-0.39, 0.29) is 17.5 Å². The van der Waals surface area contributed by atoms with Crippen LogP contribution in [0, 0.1) is 11.3 Å². The summed E-state index contributed by atoms with van der Waals surface area (Å²) in [6.07, 6.45) is 0. The Labute approximate surface area is 152 Å². The maximum Gasteiger partial charge on any atom is 0.248 e. The highest BCUT2D eigenvalue weighted by Crippen LogP contribution is 2.20. The van der Waals surface area contributed by atoms with Crippen LogP contribution in [0.1, 0.15) is 5.56 Å². The van der Waals surface area contributed by atoms with Crippen LogP contribution >= 0.6 is 23.2 Å². The summed E-state index contributed by atoms with van der Waals surface area (Å²) in [4.78, 5) is 13.3. The van der Waals surface area contributed by atoms with Crippen molar-refractivity contribution in [3.8, 4) is 17.5 Å². The quantitative estimate of drug-likeness (QED) is 0.758. The van der Waals surface area contributed by atoms with Gasteiger partial charge in [0.05, 0.1) is 10.6 Å². The second kappa shape index (κ2) is 7.30. The number of tetrazole rings is 1. The van der Waals surface area contributed by atoms with E-state index in [0.29, 0.717) is 27.7 Å². The second-order valence-corrected chi connectivity index (χ2v) is 5.85. The Balaban J connectivity index is 1.68. The SMILES string of the molecule is N#Cc1ccc(NC(=O)Cn2nnc(-c3cccc(Cl)c3)n2)cc1Cl. The van der Waals surface area contributed by atoms with Crippen LogP contribution in [0.3, 0.4) is 0 Å². The largest absolute Gasteiger partial charge is 0.324 e. The summed E-state index contributed by atoms with van der Waals surface area (Å²) in [5.74, 6) is 0.0209. The summed E-state index contributed by atoms with van der Waals surface area (Å²) < 4.78 is 0. The normalized spacial score (nSPS) is 10.3. The molecule has 1 amide bonds. The number of benzene rings is 2. The number of halogens is 2. The van der Waals surface area contributed by atoms with Gasteiger partial charge in [0.1, 0.15) is 12.6 Å². The smallest absolute Gasteiger partial charge is 0.248 e. The molecule has 0 atom stereocenters. The molecule has 25 heavy (non-hydrogen) atoms. The molecule has 7 nitrogen and oxygen atoms in total. The van der Waals surface area contributed by atoms with Crippen molar-refractivity contribution < 1.29 is 4.79 Å². The molecule has 0 radical (unpaired) electrons. The predicted octanol–water partition coefficient (Wildman–Crippen LogP) is 3.16. The molecule has 124 valence electrons. The average Bonchev–Trinajstić information content (AvgIpc) is 3.03. The van der Waals surface area contributed by atoms with Gasteiger partial charge in [0.15, 0.2) is 0 Å². The summed E-state index contributed by atoms with van der Waals surface area (Å²) in [6, 6.07) is 13.6. The number of aromatic nitrogens is 4. The molecule has 1 N–H and O–H groups in total. The topological polar surface area (TPSA) is 96.5 Å². The summed E-state index contributed by atoms with van der Waals surface area (Å²) >= 11 is 11.9. The molecular weight excluding hydrogens is 363 g/mol. The van der Waals surface area contributed by atoms with Crippen LogP contribution in [0.25, 0.3) is 11.4 Å². The molecule has 0 saturated carbocycles. The first-order valence-corrected chi connectivity index (χ1v) is 7.84. The summed E-state index contributed by atoms with van der Waals surface area (Å²) in [7, 11) is 0. The minimum absolute atomic E-state index is 0.120. The minimum Gasteiger partial charge on any atom is -0.324 e. The lowest BCUT2D eigenvalue weighted by atomic mass is 10.2. The lowest BCUT2D eigenvalue weighted by Crippen LogP contribution is -2.20. The Hall–Kier alpha value is -2.95. The maximum absolute atomic E-state index is 12.1. The molecule has 3 rings (SSSR count). The molecule has 2 aromatic carbocycles. The van der Waals surface area contributed by atoms with Crippen molar-refractivity contribution >= 4 is 34.8 Å². The minimum atomic E-state index is -0.351. The molecule has 0 fully saturated rings. The van der Waals surface area contributed by atoms with Gasteiger partial charge in [-0.1, -0.05) is 35.3 Å². The molecule has 1 aromatic heterocycles. The van der Waals surface area contributed by atoms with Gasteiger partial charge in [-0.3, -0.25) is 4.79 Å². The van der Waals surface area contributed by atoms with Crippen LogP contribution in [-0.4, -0.2) is 26.1 Å². The molecular formula is C16H10Cl2N6O. The van der Waals surface area contributed by atoms with E-state index in [1.54, 1.807) is 30.3 Å². The third kappa shape index (κ3) is 4.12. The summed E-state index contributed by atoms with van der Waals surface area (Å²) in [5, 5.41) is 24.2. The van der Waals surface area contributed by atoms with Crippen LogP contribution in [0.15, 0.2) is 42.5 Å². The highest BCUT2D eigenvalue weighted by Gasteiger charge is 2.10. The zero-order valence-corrected chi connectivity index (χ0v) is 14.2. The summed E-state index contributed by atoms with van der Waals surface area (Å²) in [5.41, 5.74) is 1.52. The van der Waals surface area contributed by atoms with Crippen molar-refractivity contribution in [3.05, 3.63) is 58.1 Å². The Morgan fingerprint density at radius 2 is 2.08 bits per heavy atom. The van der Waals surface area contributed by atoms with Gasteiger partial charge in [0, 0.05) is 16.3 Å². The van der Waals surface area contributed by atoms with E-state index in [1.807, 2.05) is 6.07 Å². The second-order valence-electron chi connectivity index (χ2n) is 5.01. The number of carbonyl (C=O) groups is 1. The van der Waals surface area contributed by atoms with Gasteiger partial charge in [-0.2, -0.15) is 10.1 Å². The number of nitrogens with one attached hydrogen (secondary N) is 1. The standard InChI is InChI=1S/C16H10Cl2N6O/c17-12-3-1-2-10(6-12)16-21-23-24(22-16)9-15(25)20-13-5-4-11(8-19)14(18)7-13/h1-7H,9H2,(H,20,25). The molecule has 0 bridgehead atoms. The molecule has 1 heterocycles. The Kier molecular flexibility index (Phi) is 4.93. The Morgan fingerprint density at radius 3 is 2.80 bits per heavy atom. The number of nitriles is 1. The maximum atomic E-state index is 12.1. The van der Waals surface area contributed by atoms with E-state index >= 15 is 0 Å². The average molecular weight is 373 g/mol. The van der Waals surface area contributed by atoms with Crippen molar-refractivity contribution in [2.24, 2.45) is 0 Å². The number of rotatable bonds is 4. The third-order valence-electron chi connectivity index (χ3n) is 3.19. The molecule has 0 unspecified atom stereocenters. The van der Waals surface area contributed by atoms with Gasteiger partial charge >= 0.3 is 0 Å². The van der Waals surface area contributed by atoms with Crippen LogP contribution in [-0.2, 0) is 11.3 Å². The zero-order chi connectivity index (χ0) is 17.8. The zero-order valence-electron chi connectivity index (χ0n) is 12.6. The Morgan fingerprint density at radius 1 is 1.24 bits per heavy atom. The highest BCUT2D eigenvalue weighted by atomic mass is 35.5. The molecule has 3 aromatic rings. The number of anilines is 1. The fourth-order valence-electron chi connectivity index (χ4n) is 2.07. The predicted molar refractivity (Wildman–Crippen MR) is 93.1 cm³/mol. The lowest BCUT2D eigenvalue weighted by Gasteiger charge is -2.05. The van der Waals surface area contributed by atoms with Crippen LogP contribution in [0.2, 0.25) is 10.0 Å². The van der Waals surface area contributed by atoms with Crippen molar-refractivity contribution in [2.75, 3.05) is 5.32 Å². The van der Waals surface area contributed by atoms with Crippen molar-refractivity contribution in [1.82, 2.24) is 20.2 Å². The van der Waals surface area contributed by atoms with Crippen LogP contribution < -0.4 is 5.32 Å². The lowest BCUT2D eigenvalue weighted by molar-refractivity contribution is -0.117. The molecule has 9 heteroatoms. The van der Waals surface area contributed by atoms with E-state index in [4.69, 9.17) is 28.5 Å². The monoisotopic (exact) mass is 372 g/mol. The molecule has 0 aliphatic heterocycles. The van der Waals surface area contributed by atoms with E-state index in [2.05, 4.69) is 20.7 Å². The van der Waals surface area contributed by atoms with Crippen LogP contribution in [0.4, 0.5) is 5.69 Å². The molecule has 0 saturated heterocycles. The van der Waals surface area contributed by atoms with Crippen LogP contribution in [0.5, 0.6) is 0 Å². The fraction of sp³-hybridized carbons (Fsp3) is 0.0625. The molecule has 0 aliphatic carbocycles. The van der Waals surface area contributed by atoms with Gasteiger partial charge in [-0.15, -0.1) is 10.2 Å². The van der Waals surface area contributed by atoms with E-state index < -0.39 is 0 Å². The summed E-state index contributed by atoms with van der Waals surface area (Å²) in [6.45, 7) is -0.120. The van der Waals surface area contributed by atoms with Gasteiger partial charge < -0.3 is 5.32 Å². The van der Waals surface area contributed by atoms with Crippen molar-refractivity contribution in [2.45, 2.75) is 6.54 Å². The van der Waals surface area contributed by atoms with Gasteiger partial charge in [0.25, 0.3) is 0 Å². The van der Waals surface area contributed by atoms with Gasteiger partial charge in [-0.25, -0.2) is 0 Å². The van der Waals surface area contributed by atoms with E-state index in [1.165, 1.54) is 16.9 Å². The van der Waals surface area contributed by atoms with Crippen molar-refractivity contribution in [1.29, 1.82) is 5.26 Å². The number of amides is 1. The van der Waals surface area contributed by atoms with Crippen molar-refractivity contribution in [3.63, 3.8) is 0 Å². The molecule has 0 aliphatic rings. The highest BCUT2D eigenvalue weighted by molar-refractivity contribution is 6.32. The van der Waals surface area contributed by atoms with E-state index in [9.17, 15) is 4.79 Å².